The topological polar surface area (TPSA) is 18.5 Å². The standard InChI is InChI=1S/C20H34O2/c1-21-20(22-2)14-12-17(13-15-20)19-11-7-6-10-18(19)16-8-4-3-5-9-16/h16,18H,3-15H2,1-2H3. The van der Waals surface area contributed by atoms with Crippen LogP contribution in [0.3, 0.4) is 0 Å². The van der Waals surface area contributed by atoms with Gasteiger partial charge in [0, 0.05) is 27.1 Å². The van der Waals surface area contributed by atoms with Gasteiger partial charge in [0.2, 0.25) is 0 Å². The molecule has 2 heteroatoms. The van der Waals surface area contributed by atoms with Crippen molar-refractivity contribution in [1.82, 2.24) is 0 Å². The Morgan fingerprint density at radius 1 is 0.773 bits per heavy atom. The van der Waals surface area contributed by atoms with E-state index in [0.717, 1.165) is 24.7 Å². The van der Waals surface area contributed by atoms with E-state index in [1.54, 1.807) is 19.8 Å². The molecule has 1 unspecified atom stereocenters. The molecule has 3 aliphatic carbocycles. The normalized spacial score (nSPS) is 30.5. The molecular weight excluding hydrogens is 272 g/mol. The fourth-order valence-corrected chi connectivity index (χ4v) is 5.28. The van der Waals surface area contributed by atoms with Crippen molar-refractivity contribution in [2.75, 3.05) is 14.2 Å². The number of methoxy groups -OCH3 is 2. The lowest BCUT2D eigenvalue weighted by Crippen LogP contribution is -2.37. The Hall–Kier alpha value is -0.340. The van der Waals surface area contributed by atoms with E-state index in [-0.39, 0.29) is 5.79 Å². The largest absolute Gasteiger partial charge is 0.353 e. The molecule has 0 bridgehead atoms. The van der Waals surface area contributed by atoms with Crippen molar-refractivity contribution in [3.05, 3.63) is 11.1 Å². The fourth-order valence-electron chi connectivity index (χ4n) is 5.28. The minimum Gasteiger partial charge on any atom is -0.353 e. The Bertz CT molecular complexity index is 377. The second-order valence-electron chi connectivity index (χ2n) is 7.70. The highest BCUT2D eigenvalue weighted by Gasteiger charge is 2.36. The lowest BCUT2D eigenvalue weighted by atomic mass is 9.68. The first-order valence-corrected chi connectivity index (χ1v) is 9.59. The van der Waals surface area contributed by atoms with E-state index in [1.165, 1.54) is 70.6 Å². The number of rotatable bonds is 3. The maximum Gasteiger partial charge on any atom is 0.168 e. The van der Waals surface area contributed by atoms with Crippen LogP contribution in [0, 0.1) is 11.8 Å². The first kappa shape index (κ1) is 16.5. The lowest BCUT2D eigenvalue weighted by molar-refractivity contribution is -0.218. The summed E-state index contributed by atoms with van der Waals surface area (Å²) in [7, 11) is 3.60. The van der Waals surface area contributed by atoms with Gasteiger partial charge in [-0.05, 0) is 56.8 Å². The third kappa shape index (κ3) is 3.43. The van der Waals surface area contributed by atoms with Crippen molar-refractivity contribution in [2.24, 2.45) is 11.8 Å². The quantitative estimate of drug-likeness (QED) is 0.498. The molecule has 0 radical (unpaired) electrons. The predicted molar refractivity (Wildman–Crippen MR) is 90.8 cm³/mol. The van der Waals surface area contributed by atoms with Crippen LogP contribution < -0.4 is 0 Å². The van der Waals surface area contributed by atoms with Crippen LogP contribution in [0.1, 0.15) is 83.5 Å². The highest BCUT2D eigenvalue weighted by atomic mass is 16.7. The summed E-state index contributed by atoms with van der Waals surface area (Å²) < 4.78 is 11.3. The third-order valence-corrected chi connectivity index (χ3v) is 6.69. The van der Waals surface area contributed by atoms with Crippen molar-refractivity contribution in [1.29, 1.82) is 0 Å². The minimum absolute atomic E-state index is 0.306. The van der Waals surface area contributed by atoms with E-state index in [9.17, 15) is 0 Å². The highest BCUT2D eigenvalue weighted by molar-refractivity contribution is 5.22. The Morgan fingerprint density at radius 3 is 2.05 bits per heavy atom. The molecule has 3 fully saturated rings. The summed E-state index contributed by atoms with van der Waals surface area (Å²) in [5.41, 5.74) is 3.65. The molecule has 0 amide bonds. The van der Waals surface area contributed by atoms with Gasteiger partial charge in [0.25, 0.3) is 0 Å². The molecule has 1 atom stereocenters. The Kier molecular flexibility index (Phi) is 5.62. The van der Waals surface area contributed by atoms with Crippen LogP contribution in [0.4, 0.5) is 0 Å². The zero-order chi connectivity index (χ0) is 15.4. The Balaban J connectivity index is 1.72. The van der Waals surface area contributed by atoms with Crippen LogP contribution in [0.2, 0.25) is 0 Å². The number of ether oxygens (including phenoxy) is 2. The van der Waals surface area contributed by atoms with Gasteiger partial charge in [-0.15, -0.1) is 0 Å². The van der Waals surface area contributed by atoms with Crippen molar-refractivity contribution in [3.8, 4) is 0 Å². The van der Waals surface area contributed by atoms with Gasteiger partial charge in [-0.1, -0.05) is 36.8 Å². The van der Waals surface area contributed by atoms with Crippen LogP contribution in [0.15, 0.2) is 11.1 Å². The smallest absolute Gasteiger partial charge is 0.168 e. The summed E-state index contributed by atoms with van der Waals surface area (Å²) in [4.78, 5) is 0. The molecule has 0 aromatic heterocycles. The summed E-state index contributed by atoms with van der Waals surface area (Å²) in [5.74, 6) is 1.61. The van der Waals surface area contributed by atoms with Crippen LogP contribution >= 0.6 is 0 Å². The van der Waals surface area contributed by atoms with Crippen LogP contribution in [0.5, 0.6) is 0 Å². The monoisotopic (exact) mass is 306 g/mol. The molecule has 0 N–H and O–H groups in total. The molecule has 0 spiro atoms. The Labute approximate surface area is 136 Å². The molecule has 0 saturated heterocycles. The fraction of sp³-hybridized carbons (Fsp3) is 0.900. The molecule has 3 rings (SSSR count). The molecule has 3 aliphatic rings. The molecule has 126 valence electrons. The average Bonchev–Trinajstić information content (AvgIpc) is 2.62. The summed E-state index contributed by atoms with van der Waals surface area (Å²) >= 11 is 0. The average molecular weight is 306 g/mol. The van der Waals surface area contributed by atoms with Crippen molar-refractivity contribution >= 4 is 0 Å². The van der Waals surface area contributed by atoms with E-state index in [0.29, 0.717) is 0 Å². The summed E-state index contributed by atoms with van der Waals surface area (Å²) in [6, 6.07) is 0. The van der Waals surface area contributed by atoms with Crippen molar-refractivity contribution < 1.29 is 9.47 Å². The second-order valence-corrected chi connectivity index (χ2v) is 7.70. The van der Waals surface area contributed by atoms with E-state index in [1.807, 2.05) is 5.57 Å². The molecule has 22 heavy (non-hydrogen) atoms. The first-order valence-electron chi connectivity index (χ1n) is 9.59. The van der Waals surface area contributed by atoms with Crippen LogP contribution in [-0.4, -0.2) is 20.0 Å². The van der Waals surface area contributed by atoms with Crippen LogP contribution in [-0.2, 0) is 9.47 Å². The lowest BCUT2D eigenvalue weighted by Gasteiger charge is -2.40. The molecule has 0 aliphatic heterocycles. The second kappa shape index (κ2) is 7.49. The third-order valence-electron chi connectivity index (χ3n) is 6.69. The zero-order valence-corrected chi connectivity index (χ0v) is 14.7. The summed E-state index contributed by atoms with van der Waals surface area (Å²) in [6.07, 6.45) is 17.6. The van der Waals surface area contributed by atoms with Gasteiger partial charge >= 0.3 is 0 Å². The van der Waals surface area contributed by atoms with Gasteiger partial charge < -0.3 is 9.47 Å². The molecule has 0 aromatic carbocycles. The molecule has 0 aromatic rings. The van der Waals surface area contributed by atoms with Crippen molar-refractivity contribution in [2.45, 2.75) is 89.3 Å². The van der Waals surface area contributed by atoms with Gasteiger partial charge in [-0.3, -0.25) is 0 Å². The van der Waals surface area contributed by atoms with E-state index < -0.39 is 0 Å². The number of allylic oxidation sites excluding steroid dienone is 2. The van der Waals surface area contributed by atoms with E-state index in [4.69, 9.17) is 9.47 Å². The maximum atomic E-state index is 5.66. The molecule has 3 saturated carbocycles. The maximum absolute atomic E-state index is 5.66. The molecular formula is C20H34O2. The minimum atomic E-state index is -0.306. The van der Waals surface area contributed by atoms with E-state index >= 15 is 0 Å². The van der Waals surface area contributed by atoms with Crippen molar-refractivity contribution in [3.63, 3.8) is 0 Å². The van der Waals surface area contributed by atoms with Crippen LogP contribution in [0.25, 0.3) is 0 Å². The van der Waals surface area contributed by atoms with Gasteiger partial charge in [-0.2, -0.15) is 0 Å². The van der Waals surface area contributed by atoms with E-state index in [2.05, 4.69) is 0 Å². The SMILES string of the molecule is COC1(OC)CCC(=C2CCCCC2C2CCCCC2)CC1. The number of hydrogen-bond donors (Lipinski definition) is 0. The van der Waals surface area contributed by atoms with Gasteiger partial charge in [-0.25, -0.2) is 0 Å². The summed E-state index contributed by atoms with van der Waals surface area (Å²) in [5, 5.41) is 0. The first-order chi connectivity index (χ1) is 10.8. The Morgan fingerprint density at radius 2 is 1.41 bits per heavy atom. The molecule has 0 heterocycles. The van der Waals surface area contributed by atoms with Gasteiger partial charge in [0.05, 0.1) is 0 Å². The molecule has 2 nitrogen and oxygen atoms in total. The summed E-state index contributed by atoms with van der Waals surface area (Å²) in [6.45, 7) is 0. The predicted octanol–water partition coefficient (Wildman–Crippen LogP) is 5.62. The van der Waals surface area contributed by atoms with Gasteiger partial charge in [0.15, 0.2) is 5.79 Å². The van der Waals surface area contributed by atoms with Gasteiger partial charge in [0.1, 0.15) is 0 Å². The zero-order valence-electron chi connectivity index (χ0n) is 14.7. The number of hydrogen-bond acceptors (Lipinski definition) is 2. The highest BCUT2D eigenvalue weighted by Crippen LogP contribution is 2.46.